The topological polar surface area (TPSA) is 78.9 Å². The lowest BCUT2D eigenvalue weighted by molar-refractivity contribution is -0.143. The third-order valence-electron chi connectivity index (χ3n) is 3.69. The summed E-state index contributed by atoms with van der Waals surface area (Å²) in [7, 11) is 0. The summed E-state index contributed by atoms with van der Waals surface area (Å²) in [5.74, 6) is -1.15. The van der Waals surface area contributed by atoms with Gasteiger partial charge in [-0.15, -0.1) is 0 Å². The van der Waals surface area contributed by atoms with Gasteiger partial charge in [0.15, 0.2) is 0 Å². The van der Waals surface area contributed by atoms with E-state index in [9.17, 15) is 14.0 Å². The molecule has 6 nitrogen and oxygen atoms in total. The summed E-state index contributed by atoms with van der Waals surface area (Å²) in [6.07, 6.45) is 1.85. The number of benzene rings is 1. The van der Waals surface area contributed by atoms with Crippen LogP contribution in [-0.2, 0) is 9.59 Å². The number of halogens is 1. The van der Waals surface area contributed by atoms with E-state index in [1.54, 1.807) is 24.0 Å². The molecule has 1 aliphatic rings. The zero-order chi connectivity index (χ0) is 16.8. The molecule has 1 unspecified atom stereocenters. The predicted octanol–water partition coefficient (Wildman–Crippen LogP) is 1.26. The minimum Gasteiger partial charge on any atom is -0.492 e. The Balaban J connectivity index is 1.70. The van der Waals surface area contributed by atoms with Gasteiger partial charge in [0, 0.05) is 12.1 Å². The van der Waals surface area contributed by atoms with Gasteiger partial charge in [-0.2, -0.15) is 0 Å². The van der Waals surface area contributed by atoms with E-state index in [1.165, 1.54) is 12.1 Å². The minimum atomic E-state index is -0.931. The molecular formula is C16H21FN2O4. The molecule has 0 radical (unpaired) electrons. The van der Waals surface area contributed by atoms with Crippen molar-refractivity contribution in [1.29, 1.82) is 0 Å². The lowest BCUT2D eigenvalue weighted by Gasteiger charge is -2.25. The maximum atomic E-state index is 13.0. The van der Waals surface area contributed by atoms with Crippen LogP contribution in [0.25, 0.3) is 0 Å². The first-order valence-corrected chi connectivity index (χ1v) is 7.61. The van der Waals surface area contributed by atoms with Crippen LogP contribution in [0.1, 0.15) is 19.8 Å². The van der Waals surface area contributed by atoms with Gasteiger partial charge in [-0.1, -0.05) is 6.07 Å². The first-order chi connectivity index (χ1) is 11.0. The van der Waals surface area contributed by atoms with Gasteiger partial charge >= 0.3 is 5.97 Å². The van der Waals surface area contributed by atoms with Crippen LogP contribution in [0.3, 0.4) is 0 Å². The van der Waals surface area contributed by atoms with E-state index in [4.69, 9.17) is 9.84 Å². The maximum absolute atomic E-state index is 13.0. The summed E-state index contributed by atoms with van der Waals surface area (Å²) in [5.41, 5.74) is 0. The molecule has 126 valence electrons. The summed E-state index contributed by atoms with van der Waals surface area (Å²) in [6, 6.07) is 5.26. The fourth-order valence-electron chi connectivity index (χ4n) is 2.27. The van der Waals surface area contributed by atoms with Gasteiger partial charge in [0.05, 0.1) is 13.1 Å². The van der Waals surface area contributed by atoms with E-state index < -0.39 is 12.0 Å². The highest BCUT2D eigenvalue weighted by atomic mass is 19.1. The average molecular weight is 324 g/mol. The number of nitrogens with one attached hydrogen (secondary N) is 1. The average Bonchev–Trinajstić information content (AvgIpc) is 3.33. The van der Waals surface area contributed by atoms with Crippen LogP contribution in [0.4, 0.5) is 4.39 Å². The highest BCUT2D eigenvalue weighted by molar-refractivity contribution is 5.79. The first-order valence-electron chi connectivity index (χ1n) is 7.61. The van der Waals surface area contributed by atoms with E-state index >= 15 is 0 Å². The van der Waals surface area contributed by atoms with Gasteiger partial charge < -0.3 is 15.2 Å². The Labute approximate surface area is 134 Å². The summed E-state index contributed by atoms with van der Waals surface area (Å²) >= 11 is 0. The molecule has 1 atom stereocenters. The van der Waals surface area contributed by atoms with E-state index in [0.29, 0.717) is 5.75 Å². The Kier molecular flexibility index (Phi) is 5.92. The number of carbonyl (C=O) groups is 2. The van der Waals surface area contributed by atoms with Crippen molar-refractivity contribution in [3.05, 3.63) is 30.1 Å². The monoisotopic (exact) mass is 324 g/mol. The number of amides is 1. The van der Waals surface area contributed by atoms with Gasteiger partial charge in [-0.3, -0.25) is 14.5 Å². The molecule has 7 heteroatoms. The molecular weight excluding hydrogens is 303 g/mol. The van der Waals surface area contributed by atoms with E-state index in [2.05, 4.69) is 5.32 Å². The number of carboxylic acid groups (broad SMARTS) is 1. The van der Waals surface area contributed by atoms with Gasteiger partial charge in [0.1, 0.15) is 24.2 Å². The standard InChI is InChI=1S/C16H21FN2O4/c1-11(16(21)22)19(13-5-6-13)10-15(20)18-7-8-23-14-4-2-3-12(17)9-14/h2-4,9,11,13H,5-8,10H2,1H3,(H,18,20)(H,21,22). The Bertz CT molecular complexity index is 563. The fourth-order valence-corrected chi connectivity index (χ4v) is 2.27. The van der Waals surface area contributed by atoms with E-state index in [-0.39, 0.29) is 37.5 Å². The van der Waals surface area contributed by atoms with E-state index in [0.717, 1.165) is 12.8 Å². The third-order valence-corrected chi connectivity index (χ3v) is 3.69. The number of rotatable bonds is 9. The van der Waals surface area contributed by atoms with Gasteiger partial charge in [0.25, 0.3) is 0 Å². The molecule has 1 aromatic carbocycles. The summed E-state index contributed by atoms with van der Waals surface area (Å²) in [6.45, 7) is 2.13. The molecule has 23 heavy (non-hydrogen) atoms. The van der Waals surface area contributed by atoms with Crippen LogP contribution in [0.2, 0.25) is 0 Å². The second-order valence-electron chi connectivity index (χ2n) is 5.57. The van der Waals surface area contributed by atoms with Crippen LogP contribution >= 0.6 is 0 Å². The van der Waals surface area contributed by atoms with Crippen LogP contribution in [0.15, 0.2) is 24.3 Å². The highest BCUT2D eigenvalue weighted by Crippen LogP contribution is 2.28. The number of nitrogens with zero attached hydrogens (tertiary/aromatic N) is 1. The van der Waals surface area contributed by atoms with Gasteiger partial charge in [-0.25, -0.2) is 4.39 Å². The fraction of sp³-hybridized carbons (Fsp3) is 0.500. The van der Waals surface area contributed by atoms with Crippen molar-refractivity contribution in [2.45, 2.75) is 31.8 Å². The molecule has 1 amide bonds. The molecule has 1 aromatic rings. The van der Waals surface area contributed by atoms with Gasteiger partial charge in [-0.05, 0) is 31.9 Å². The molecule has 1 fully saturated rings. The quantitative estimate of drug-likeness (QED) is 0.669. The normalized spacial score (nSPS) is 15.3. The zero-order valence-electron chi connectivity index (χ0n) is 13.0. The molecule has 0 spiro atoms. The molecule has 0 heterocycles. The molecule has 0 aromatic heterocycles. The summed E-state index contributed by atoms with van der Waals surface area (Å²) < 4.78 is 18.3. The molecule has 1 saturated carbocycles. The summed E-state index contributed by atoms with van der Waals surface area (Å²) in [5, 5.41) is 11.8. The van der Waals surface area contributed by atoms with Crippen molar-refractivity contribution >= 4 is 11.9 Å². The van der Waals surface area contributed by atoms with Crippen molar-refractivity contribution < 1.29 is 23.8 Å². The van der Waals surface area contributed by atoms with Crippen molar-refractivity contribution in [1.82, 2.24) is 10.2 Å². The third kappa shape index (κ3) is 5.52. The van der Waals surface area contributed by atoms with Crippen LogP contribution in [0.5, 0.6) is 5.75 Å². The highest BCUT2D eigenvalue weighted by Gasteiger charge is 2.35. The smallest absolute Gasteiger partial charge is 0.320 e. The van der Waals surface area contributed by atoms with Crippen molar-refractivity contribution in [2.75, 3.05) is 19.7 Å². The molecule has 0 aliphatic heterocycles. The Morgan fingerprint density at radius 3 is 2.83 bits per heavy atom. The van der Waals surface area contributed by atoms with Gasteiger partial charge in [0.2, 0.25) is 5.91 Å². The SMILES string of the molecule is CC(C(=O)O)N(CC(=O)NCCOc1cccc(F)c1)C1CC1. The summed E-state index contributed by atoms with van der Waals surface area (Å²) in [4.78, 5) is 24.7. The van der Waals surface area contributed by atoms with Crippen LogP contribution < -0.4 is 10.1 Å². The van der Waals surface area contributed by atoms with Crippen molar-refractivity contribution in [3.8, 4) is 5.75 Å². The van der Waals surface area contributed by atoms with Crippen LogP contribution in [0, 0.1) is 5.82 Å². The molecule has 1 aliphatic carbocycles. The number of aliphatic carboxylic acids is 1. The Hall–Kier alpha value is -2.15. The molecule has 0 saturated heterocycles. The van der Waals surface area contributed by atoms with Crippen molar-refractivity contribution in [2.24, 2.45) is 0 Å². The molecule has 0 bridgehead atoms. The number of carbonyl (C=O) groups excluding carboxylic acids is 1. The number of ether oxygens (including phenoxy) is 1. The first kappa shape index (κ1) is 17.2. The number of hydrogen-bond acceptors (Lipinski definition) is 4. The Morgan fingerprint density at radius 1 is 1.48 bits per heavy atom. The predicted molar refractivity (Wildman–Crippen MR) is 81.7 cm³/mol. The zero-order valence-corrected chi connectivity index (χ0v) is 13.0. The van der Waals surface area contributed by atoms with Crippen LogP contribution in [-0.4, -0.2) is 53.7 Å². The Morgan fingerprint density at radius 2 is 2.22 bits per heavy atom. The largest absolute Gasteiger partial charge is 0.492 e. The molecule has 2 rings (SSSR count). The lowest BCUT2D eigenvalue weighted by atomic mass is 10.2. The van der Waals surface area contributed by atoms with Crippen molar-refractivity contribution in [3.63, 3.8) is 0 Å². The second kappa shape index (κ2) is 7.92. The number of hydrogen-bond donors (Lipinski definition) is 2. The minimum absolute atomic E-state index is 0.0537. The second-order valence-corrected chi connectivity index (χ2v) is 5.57. The number of carboxylic acids is 1. The maximum Gasteiger partial charge on any atom is 0.320 e. The van der Waals surface area contributed by atoms with E-state index in [1.807, 2.05) is 0 Å². The lowest BCUT2D eigenvalue weighted by Crippen LogP contribution is -2.46. The molecule has 2 N–H and O–H groups in total.